The van der Waals surface area contributed by atoms with E-state index in [0.29, 0.717) is 11.4 Å². The van der Waals surface area contributed by atoms with E-state index in [9.17, 15) is 4.79 Å². The summed E-state index contributed by atoms with van der Waals surface area (Å²) < 4.78 is 5.40. The summed E-state index contributed by atoms with van der Waals surface area (Å²) in [6, 6.07) is 10.5. The number of ether oxygens (including phenoxy) is 1. The van der Waals surface area contributed by atoms with Crippen molar-refractivity contribution in [2.75, 3.05) is 38.3 Å². The Morgan fingerprint density at radius 3 is 2.70 bits per heavy atom. The predicted octanol–water partition coefficient (Wildman–Crippen LogP) is 3.98. The molecule has 2 aromatic heterocycles. The summed E-state index contributed by atoms with van der Waals surface area (Å²) in [4.78, 5) is 21.9. The molecule has 1 aliphatic heterocycles. The fourth-order valence-corrected chi connectivity index (χ4v) is 4.68. The highest BCUT2D eigenvalue weighted by atomic mass is 32.1. The number of carbonyl (C=O) groups is 1. The molecule has 0 spiro atoms. The Morgan fingerprint density at radius 2 is 2.00 bits per heavy atom. The third-order valence-corrected chi connectivity index (χ3v) is 6.28. The Labute approximate surface area is 166 Å². The molecule has 1 amide bonds. The van der Waals surface area contributed by atoms with Gasteiger partial charge in [-0.05, 0) is 29.1 Å². The Hall–Kier alpha value is -2.22. The standard InChI is InChI=1S/C20H21N3O2S2/c1-22(20(24)18-12-21-19(27-18)16-6-11-26-14-16)13-15-2-4-17(5-3-15)23-7-9-25-10-8-23/h2-6,11-12,14H,7-10,13H2,1H3. The summed E-state index contributed by atoms with van der Waals surface area (Å²) in [6.07, 6.45) is 1.68. The number of benzene rings is 1. The molecule has 1 aromatic carbocycles. The minimum atomic E-state index is 0.00577. The van der Waals surface area contributed by atoms with Gasteiger partial charge in [-0.3, -0.25) is 4.79 Å². The first-order chi connectivity index (χ1) is 13.2. The van der Waals surface area contributed by atoms with Crippen molar-refractivity contribution in [1.82, 2.24) is 9.88 Å². The van der Waals surface area contributed by atoms with Crippen LogP contribution in [0.25, 0.3) is 10.6 Å². The molecule has 0 unspecified atom stereocenters. The highest BCUT2D eigenvalue weighted by Crippen LogP contribution is 2.27. The van der Waals surface area contributed by atoms with Crippen molar-refractivity contribution in [2.24, 2.45) is 0 Å². The van der Waals surface area contributed by atoms with E-state index >= 15 is 0 Å². The van der Waals surface area contributed by atoms with Crippen LogP contribution in [-0.2, 0) is 11.3 Å². The molecule has 0 aliphatic carbocycles. The Bertz CT molecular complexity index is 884. The maximum Gasteiger partial charge on any atom is 0.265 e. The van der Waals surface area contributed by atoms with Gasteiger partial charge >= 0.3 is 0 Å². The molecule has 7 heteroatoms. The van der Waals surface area contributed by atoms with Crippen molar-refractivity contribution in [3.05, 3.63) is 57.7 Å². The molecule has 3 aromatic rings. The number of thiophene rings is 1. The van der Waals surface area contributed by atoms with Crippen molar-refractivity contribution < 1.29 is 9.53 Å². The molecule has 140 valence electrons. The lowest BCUT2D eigenvalue weighted by Gasteiger charge is -2.29. The van der Waals surface area contributed by atoms with E-state index in [1.807, 2.05) is 23.9 Å². The summed E-state index contributed by atoms with van der Waals surface area (Å²) in [5, 5.41) is 4.96. The highest BCUT2D eigenvalue weighted by molar-refractivity contribution is 7.17. The van der Waals surface area contributed by atoms with Crippen molar-refractivity contribution in [3.8, 4) is 10.6 Å². The van der Waals surface area contributed by atoms with Gasteiger partial charge in [0.2, 0.25) is 0 Å². The second kappa shape index (κ2) is 8.21. The van der Waals surface area contributed by atoms with Gasteiger partial charge in [0.05, 0.1) is 19.4 Å². The Kier molecular flexibility index (Phi) is 5.52. The second-order valence-electron chi connectivity index (χ2n) is 6.47. The summed E-state index contributed by atoms with van der Waals surface area (Å²) in [5.74, 6) is 0.00577. The van der Waals surface area contributed by atoms with Crippen LogP contribution in [0.3, 0.4) is 0 Å². The normalized spacial score (nSPS) is 14.3. The molecule has 1 saturated heterocycles. The van der Waals surface area contributed by atoms with Crippen LogP contribution in [-0.4, -0.2) is 49.1 Å². The topological polar surface area (TPSA) is 45.7 Å². The largest absolute Gasteiger partial charge is 0.378 e. The van der Waals surface area contributed by atoms with Crippen LogP contribution in [0.5, 0.6) is 0 Å². The zero-order chi connectivity index (χ0) is 18.6. The number of carbonyl (C=O) groups excluding carboxylic acids is 1. The molecule has 4 rings (SSSR count). The van der Waals surface area contributed by atoms with Crippen molar-refractivity contribution in [1.29, 1.82) is 0 Å². The summed E-state index contributed by atoms with van der Waals surface area (Å²) in [5.41, 5.74) is 3.40. The molecule has 0 radical (unpaired) electrons. The Balaban J connectivity index is 1.39. The van der Waals surface area contributed by atoms with E-state index in [2.05, 4.69) is 34.1 Å². The lowest BCUT2D eigenvalue weighted by atomic mass is 10.1. The van der Waals surface area contributed by atoms with Crippen LogP contribution in [0, 0.1) is 0 Å². The lowest BCUT2D eigenvalue weighted by molar-refractivity contribution is 0.0789. The number of thiazole rings is 1. The van der Waals surface area contributed by atoms with E-state index in [1.54, 1.807) is 22.4 Å². The number of anilines is 1. The molecule has 0 bridgehead atoms. The minimum Gasteiger partial charge on any atom is -0.378 e. The maximum atomic E-state index is 12.7. The van der Waals surface area contributed by atoms with Crippen LogP contribution in [0.4, 0.5) is 5.69 Å². The van der Waals surface area contributed by atoms with Gasteiger partial charge in [-0.2, -0.15) is 11.3 Å². The number of morpholine rings is 1. The quantitative estimate of drug-likeness (QED) is 0.651. The third kappa shape index (κ3) is 4.21. The van der Waals surface area contributed by atoms with Crippen LogP contribution >= 0.6 is 22.7 Å². The smallest absolute Gasteiger partial charge is 0.265 e. The second-order valence-corrected chi connectivity index (χ2v) is 8.28. The van der Waals surface area contributed by atoms with Gasteiger partial charge in [-0.1, -0.05) is 12.1 Å². The van der Waals surface area contributed by atoms with Gasteiger partial charge < -0.3 is 14.5 Å². The molecule has 27 heavy (non-hydrogen) atoms. The van der Waals surface area contributed by atoms with Gasteiger partial charge in [0.25, 0.3) is 5.91 Å². The van der Waals surface area contributed by atoms with Gasteiger partial charge in [-0.15, -0.1) is 11.3 Å². The molecule has 1 fully saturated rings. The maximum absolute atomic E-state index is 12.7. The van der Waals surface area contributed by atoms with E-state index in [1.165, 1.54) is 17.0 Å². The van der Waals surface area contributed by atoms with Crippen molar-refractivity contribution in [2.45, 2.75) is 6.54 Å². The Morgan fingerprint density at radius 1 is 1.22 bits per heavy atom. The van der Waals surface area contributed by atoms with Crippen LogP contribution in [0.1, 0.15) is 15.2 Å². The van der Waals surface area contributed by atoms with Crippen molar-refractivity contribution in [3.63, 3.8) is 0 Å². The first kappa shape index (κ1) is 18.2. The molecule has 0 N–H and O–H groups in total. The third-order valence-electron chi connectivity index (χ3n) is 4.56. The monoisotopic (exact) mass is 399 g/mol. The fourth-order valence-electron chi connectivity index (χ4n) is 3.06. The number of hydrogen-bond acceptors (Lipinski definition) is 6. The molecular weight excluding hydrogens is 378 g/mol. The van der Waals surface area contributed by atoms with Gasteiger partial charge in [0.1, 0.15) is 9.88 Å². The van der Waals surface area contributed by atoms with E-state index in [4.69, 9.17) is 4.74 Å². The number of amides is 1. The number of hydrogen-bond donors (Lipinski definition) is 0. The van der Waals surface area contributed by atoms with Gasteiger partial charge in [0, 0.05) is 43.3 Å². The van der Waals surface area contributed by atoms with E-state index in [0.717, 1.165) is 42.4 Å². The van der Waals surface area contributed by atoms with E-state index in [-0.39, 0.29) is 5.91 Å². The number of aromatic nitrogens is 1. The molecule has 0 atom stereocenters. The minimum absolute atomic E-state index is 0.00577. The number of nitrogens with zero attached hydrogens (tertiary/aromatic N) is 3. The number of rotatable bonds is 5. The summed E-state index contributed by atoms with van der Waals surface area (Å²) >= 11 is 3.08. The molecule has 1 aliphatic rings. The molecule has 0 saturated carbocycles. The first-order valence-electron chi connectivity index (χ1n) is 8.86. The van der Waals surface area contributed by atoms with Crippen LogP contribution < -0.4 is 4.90 Å². The molecule has 3 heterocycles. The van der Waals surface area contributed by atoms with Gasteiger partial charge in [-0.25, -0.2) is 4.98 Å². The average molecular weight is 400 g/mol. The molecular formula is C20H21N3O2S2. The van der Waals surface area contributed by atoms with E-state index < -0.39 is 0 Å². The zero-order valence-electron chi connectivity index (χ0n) is 15.1. The summed E-state index contributed by atoms with van der Waals surface area (Å²) in [6.45, 7) is 3.99. The highest BCUT2D eigenvalue weighted by Gasteiger charge is 2.17. The summed E-state index contributed by atoms with van der Waals surface area (Å²) in [7, 11) is 1.84. The zero-order valence-corrected chi connectivity index (χ0v) is 16.8. The van der Waals surface area contributed by atoms with Crippen molar-refractivity contribution >= 4 is 34.3 Å². The fraction of sp³-hybridized carbons (Fsp3) is 0.300. The molecule has 5 nitrogen and oxygen atoms in total. The first-order valence-corrected chi connectivity index (χ1v) is 10.6. The van der Waals surface area contributed by atoms with Crippen LogP contribution in [0.15, 0.2) is 47.3 Å². The predicted molar refractivity (Wildman–Crippen MR) is 111 cm³/mol. The van der Waals surface area contributed by atoms with Crippen LogP contribution in [0.2, 0.25) is 0 Å². The lowest BCUT2D eigenvalue weighted by Crippen LogP contribution is -2.36. The average Bonchev–Trinajstić information content (AvgIpc) is 3.40. The van der Waals surface area contributed by atoms with Gasteiger partial charge in [0.15, 0.2) is 0 Å². The SMILES string of the molecule is CN(Cc1ccc(N2CCOCC2)cc1)C(=O)c1cnc(-c2ccsc2)s1.